The highest BCUT2D eigenvalue weighted by molar-refractivity contribution is 5.68. The molecule has 0 saturated heterocycles. The van der Waals surface area contributed by atoms with Gasteiger partial charge in [-0.1, -0.05) is 0 Å². The van der Waals surface area contributed by atoms with E-state index in [9.17, 15) is 5.11 Å². The molecule has 2 aromatic rings. The van der Waals surface area contributed by atoms with E-state index in [1.807, 2.05) is 19.2 Å². The molecule has 1 aromatic heterocycles. The quantitative estimate of drug-likeness (QED) is 0.720. The van der Waals surface area contributed by atoms with Crippen LogP contribution < -0.4 is 15.9 Å². The largest absolute Gasteiger partial charge is 0.508 e. The zero-order chi connectivity index (χ0) is 11.8. The molecular formula is C12H10N4O. The molecule has 5 nitrogen and oxygen atoms in total. The van der Waals surface area contributed by atoms with Crippen LogP contribution in [0.2, 0.25) is 0 Å². The Morgan fingerprint density at radius 1 is 1.24 bits per heavy atom. The highest BCUT2D eigenvalue weighted by atomic mass is 16.3. The summed E-state index contributed by atoms with van der Waals surface area (Å²) >= 11 is 0. The summed E-state index contributed by atoms with van der Waals surface area (Å²) in [7, 11) is 1.82. The summed E-state index contributed by atoms with van der Waals surface area (Å²) < 4.78 is 0. The van der Waals surface area contributed by atoms with Crippen molar-refractivity contribution >= 4 is 11.4 Å². The van der Waals surface area contributed by atoms with Gasteiger partial charge in [-0.3, -0.25) is 5.01 Å². The van der Waals surface area contributed by atoms with E-state index >= 15 is 0 Å². The summed E-state index contributed by atoms with van der Waals surface area (Å²) in [6.07, 6.45) is 1.68. The average molecular weight is 226 g/mol. The van der Waals surface area contributed by atoms with Gasteiger partial charge in [0.25, 0.3) is 0 Å². The van der Waals surface area contributed by atoms with E-state index in [0.29, 0.717) is 10.8 Å². The molecule has 1 aliphatic heterocycles. The molecule has 0 amide bonds. The Morgan fingerprint density at radius 3 is 3.00 bits per heavy atom. The molecule has 0 atom stereocenters. The lowest BCUT2D eigenvalue weighted by Gasteiger charge is -2.13. The van der Waals surface area contributed by atoms with Crippen molar-refractivity contribution in [3.05, 3.63) is 47.4 Å². The SMILES string of the molecule is CN1N=c2cccnc2=Nc2ccc(O)cc21. The smallest absolute Gasteiger partial charge is 0.180 e. The average Bonchev–Trinajstić information content (AvgIpc) is 2.46. The first-order valence-corrected chi connectivity index (χ1v) is 5.19. The Morgan fingerprint density at radius 2 is 2.12 bits per heavy atom. The van der Waals surface area contributed by atoms with Crippen LogP contribution >= 0.6 is 0 Å². The number of nitrogens with zero attached hydrogens (tertiary/aromatic N) is 4. The van der Waals surface area contributed by atoms with E-state index in [1.165, 1.54) is 0 Å². The molecule has 3 rings (SSSR count). The normalized spacial score (nSPS) is 12.9. The molecular weight excluding hydrogens is 216 g/mol. The number of rotatable bonds is 0. The monoisotopic (exact) mass is 226 g/mol. The third-order valence-corrected chi connectivity index (χ3v) is 2.56. The Hall–Kier alpha value is -2.43. The van der Waals surface area contributed by atoms with Crippen molar-refractivity contribution in [2.45, 2.75) is 0 Å². The first-order chi connectivity index (χ1) is 8.24. The highest BCUT2D eigenvalue weighted by Crippen LogP contribution is 2.31. The molecule has 0 aliphatic carbocycles. The van der Waals surface area contributed by atoms with Gasteiger partial charge in [-0.2, -0.15) is 5.10 Å². The van der Waals surface area contributed by atoms with Crippen molar-refractivity contribution in [2.24, 2.45) is 10.1 Å². The van der Waals surface area contributed by atoms with Gasteiger partial charge in [0.1, 0.15) is 11.1 Å². The lowest BCUT2D eigenvalue weighted by atomic mass is 10.2. The number of hydrogen-bond acceptors (Lipinski definition) is 5. The van der Waals surface area contributed by atoms with Gasteiger partial charge < -0.3 is 5.11 Å². The predicted molar refractivity (Wildman–Crippen MR) is 62.7 cm³/mol. The van der Waals surface area contributed by atoms with E-state index in [0.717, 1.165) is 11.4 Å². The van der Waals surface area contributed by atoms with Gasteiger partial charge in [-0.15, -0.1) is 0 Å². The fourth-order valence-electron chi connectivity index (χ4n) is 1.75. The van der Waals surface area contributed by atoms with E-state index in [4.69, 9.17) is 0 Å². The Bertz CT molecular complexity index is 696. The molecule has 17 heavy (non-hydrogen) atoms. The Kier molecular flexibility index (Phi) is 2.04. The van der Waals surface area contributed by atoms with Gasteiger partial charge in [0.15, 0.2) is 5.49 Å². The number of anilines is 1. The number of phenolic OH excluding ortho intramolecular Hbond substituents is 1. The van der Waals surface area contributed by atoms with E-state index in [2.05, 4.69) is 15.1 Å². The second-order valence-electron chi connectivity index (χ2n) is 3.75. The van der Waals surface area contributed by atoms with Gasteiger partial charge in [0.2, 0.25) is 0 Å². The van der Waals surface area contributed by atoms with Crippen LogP contribution in [-0.2, 0) is 0 Å². The van der Waals surface area contributed by atoms with Crippen molar-refractivity contribution in [1.29, 1.82) is 0 Å². The van der Waals surface area contributed by atoms with Crippen LogP contribution in [0.15, 0.2) is 46.6 Å². The minimum Gasteiger partial charge on any atom is -0.508 e. The third-order valence-electron chi connectivity index (χ3n) is 2.56. The third kappa shape index (κ3) is 1.61. The van der Waals surface area contributed by atoms with Crippen molar-refractivity contribution in [1.82, 2.24) is 4.98 Å². The maximum Gasteiger partial charge on any atom is 0.180 e. The maximum atomic E-state index is 9.49. The molecule has 1 aliphatic rings. The fraction of sp³-hybridized carbons (Fsp3) is 0.0833. The molecule has 0 radical (unpaired) electrons. The molecule has 84 valence electrons. The van der Waals surface area contributed by atoms with Gasteiger partial charge in [0.05, 0.1) is 11.4 Å². The van der Waals surface area contributed by atoms with E-state index < -0.39 is 0 Å². The summed E-state index contributed by atoms with van der Waals surface area (Å²) in [6.45, 7) is 0. The molecule has 5 heteroatoms. The number of aromatic nitrogens is 1. The summed E-state index contributed by atoms with van der Waals surface area (Å²) in [5.41, 5.74) is 2.08. The van der Waals surface area contributed by atoms with E-state index in [1.54, 1.807) is 29.4 Å². The summed E-state index contributed by atoms with van der Waals surface area (Å²) in [6, 6.07) is 8.66. The summed E-state index contributed by atoms with van der Waals surface area (Å²) in [4.78, 5) is 8.62. The zero-order valence-electron chi connectivity index (χ0n) is 9.20. The van der Waals surface area contributed by atoms with E-state index in [-0.39, 0.29) is 5.75 Å². The number of fused-ring (bicyclic) bond motifs is 2. The number of pyridine rings is 1. The molecule has 0 spiro atoms. The first kappa shape index (κ1) is 9.77. The number of aromatic hydroxyl groups is 1. The number of benzene rings is 1. The number of hydrogen-bond donors (Lipinski definition) is 1. The maximum absolute atomic E-state index is 9.49. The van der Waals surface area contributed by atoms with Gasteiger partial charge in [-0.05, 0) is 24.3 Å². The van der Waals surface area contributed by atoms with Crippen LogP contribution in [0.4, 0.5) is 11.4 Å². The Labute approximate surface area is 97.4 Å². The minimum atomic E-state index is 0.194. The molecule has 1 aromatic carbocycles. The Balaban J connectivity index is 2.37. The van der Waals surface area contributed by atoms with Crippen LogP contribution in [0.25, 0.3) is 0 Å². The summed E-state index contributed by atoms with van der Waals surface area (Å²) in [5.74, 6) is 0.194. The molecule has 0 bridgehead atoms. The predicted octanol–water partition coefficient (Wildman–Crippen LogP) is 0.723. The summed E-state index contributed by atoms with van der Waals surface area (Å²) in [5, 5.41) is 16.3. The molecule has 1 N–H and O–H groups in total. The van der Waals surface area contributed by atoms with Crippen LogP contribution in [0, 0.1) is 0 Å². The second kappa shape index (κ2) is 3.55. The molecule has 0 saturated carbocycles. The number of phenols is 1. The van der Waals surface area contributed by atoms with Crippen LogP contribution in [-0.4, -0.2) is 17.1 Å². The second-order valence-corrected chi connectivity index (χ2v) is 3.75. The van der Waals surface area contributed by atoms with Crippen molar-refractivity contribution in [3.8, 4) is 5.75 Å². The van der Waals surface area contributed by atoms with Crippen molar-refractivity contribution in [2.75, 3.05) is 12.1 Å². The van der Waals surface area contributed by atoms with Crippen molar-refractivity contribution < 1.29 is 5.11 Å². The van der Waals surface area contributed by atoms with Gasteiger partial charge in [0, 0.05) is 19.3 Å². The molecule has 2 heterocycles. The molecule has 0 fully saturated rings. The highest BCUT2D eigenvalue weighted by Gasteiger charge is 2.10. The van der Waals surface area contributed by atoms with Gasteiger partial charge >= 0.3 is 0 Å². The van der Waals surface area contributed by atoms with Gasteiger partial charge in [-0.25, -0.2) is 9.98 Å². The topological polar surface area (TPSA) is 61.1 Å². The van der Waals surface area contributed by atoms with Crippen molar-refractivity contribution in [3.63, 3.8) is 0 Å². The molecule has 0 unspecified atom stereocenters. The standard InChI is InChI=1S/C12H10N4O/c1-16-11-7-8(17)4-5-9(11)14-12-10(15-16)3-2-6-13-12/h2-7,17H,1H3. The lowest BCUT2D eigenvalue weighted by Crippen LogP contribution is -2.29. The van der Waals surface area contributed by atoms with Crippen LogP contribution in [0.3, 0.4) is 0 Å². The van der Waals surface area contributed by atoms with Crippen LogP contribution in [0.5, 0.6) is 5.75 Å². The zero-order valence-corrected chi connectivity index (χ0v) is 9.20. The fourth-order valence-corrected chi connectivity index (χ4v) is 1.75. The first-order valence-electron chi connectivity index (χ1n) is 5.19. The lowest BCUT2D eigenvalue weighted by molar-refractivity contribution is 0.475. The minimum absolute atomic E-state index is 0.194. The van der Waals surface area contributed by atoms with Crippen LogP contribution in [0.1, 0.15) is 0 Å².